The molecular weight excluding hydrogens is 224 g/mol. The summed E-state index contributed by atoms with van der Waals surface area (Å²) in [7, 11) is 0. The SMILES string of the molecule is O=C(COCC1CC1)NNC(=O)C1CCCO1. The molecule has 1 saturated heterocycles. The Morgan fingerprint density at radius 1 is 1.24 bits per heavy atom. The van der Waals surface area contributed by atoms with Gasteiger partial charge in [0.1, 0.15) is 12.7 Å². The highest BCUT2D eigenvalue weighted by Crippen LogP contribution is 2.28. The molecule has 1 atom stereocenters. The molecule has 2 N–H and O–H groups in total. The Balaban J connectivity index is 1.53. The van der Waals surface area contributed by atoms with Gasteiger partial charge in [0.2, 0.25) is 0 Å². The van der Waals surface area contributed by atoms with Crippen LogP contribution in [0.2, 0.25) is 0 Å². The highest BCUT2D eigenvalue weighted by Gasteiger charge is 2.24. The molecule has 2 aliphatic rings. The van der Waals surface area contributed by atoms with Gasteiger partial charge >= 0.3 is 0 Å². The summed E-state index contributed by atoms with van der Waals surface area (Å²) in [5, 5.41) is 0. The molecule has 17 heavy (non-hydrogen) atoms. The summed E-state index contributed by atoms with van der Waals surface area (Å²) in [6.45, 7) is 1.23. The number of rotatable bonds is 5. The summed E-state index contributed by atoms with van der Waals surface area (Å²) in [4.78, 5) is 22.7. The molecule has 0 bridgehead atoms. The van der Waals surface area contributed by atoms with Gasteiger partial charge in [-0.05, 0) is 31.6 Å². The lowest BCUT2D eigenvalue weighted by atomic mass is 10.2. The van der Waals surface area contributed by atoms with Crippen LogP contribution < -0.4 is 10.9 Å². The van der Waals surface area contributed by atoms with Crippen LogP contribution >= 0.6 is 0 Å². The van der Waals surface area contributed by atoms with E-state index in [1.165, 1.54) is 12.8 Å². The van der Waals surface area contributed by atoms with Gasteiger partial charge in [0.05, 0.1) is 6.61 Å². The van der Waals surface area contributed by atoms with Crippen molar-refractivity contribution in [1.82, 2.24) is 10.9 Å². The second-order valence-electron chi connectivity index (χ2n) is 4.50. The van der Waals surface area contributed by atoms with Gasteiger partial charge < -0.3 is 9.47 Å². The predicted octanol–water partition coefficient (Wildman–Crippen LogP) is -0.261. The van der Waals surface area contributed by atoms with Crippen LogP contribution in [0.3, 0.4) is 0 Å². The lowest BCUT2D eigenvalue weighted by Gasteiger charge is -2.11. The van der Waals surface area contributed by atoms with E-state index >= 15 is 0 Å². The van der Waals surface area contributed by atoms with Crippen LogP contribution in [0.1, 0.15) is 25.7 Å². The molecule has 1 aliphatic heterocycles. The first-order valence-corrected chi connectivity index (χ1v) is 6.04. The lowest BCUT2D eigenvalue weighted by molar-refractivity contribution is -0.136. The van der Waals surface area contributed by atoms with E-state index < -0.39 is 6.10 Å². The Bertz CT molecular complexity index is 285. The second kappa shape index (κ2) is 5.97. The van der Waals surface area contributed by atoms with E-state index in [0.29, 0.717) is 25.6 Å². The molecule has 2 fully saturated rings. The van der Waals surface area contributed by atoms with Crippen LogP contribution in [0.5, 0.6) is 0 Å². The molecule has 0 aromatic rings. The van der Waals surface area contributed by atoms with Crippen molar-refractivity contribution in [3.8, 4) is 0 Å². The highest BCUT2D eigenvalue weighted by molar-refractivity contribution is 5.85. The molecule has 0 radical (unpaired) electrons. The van der Waals surface area contributed by atoms with Gasteiger partial charge in [-0.1, -0.05) is 0 Å². The first-order chi connectivity index (χ1) is 8.25. The zero-order valence-electron chi connectivity index (χ0n) is 9.74. The number of ether oxygens (including phenoxy) is 2. The minimum Gasteiger partial charge on any atom is -0.371 e. The average Bonchev–Trinajstić information content (AvgIpc) is 2.97. The number of nitrogens with one attached hydrogen (secondary N) is 2. The summed E-state index contributed by atoms with van der Waals surface area (Å²) < 4.78 is 10.4. The Morgan fingerprint density at radius 2 is 2.06 bits per heavy atom. The maximum Gasteiger partial charge on any atom is 0.267 e. The summed E-state index contributed by atoms with van der Waals surface area (Å²) in [6, 6.07) is 0. The number of hydrogen-bond donors (Lipinski definition) is 2. The van der Waals surface area contributed by atoms with Crippen LogP contribution in [0, 0.1) is 5.92 Å². The summed E-state index contributed by atoms with van der Waals surface area (Å²) >= 11 is 0. The normalized spacial score (nSPS) is 23.4. The van der Waals surface area contributed by atoms with E-state index in [9.17, 15) is 9.59 Å². The van der Waals surface area contributed by atoms with Crippen LogP contribution in [-0.2, 0) is 19.1 Å². The Hall–Kier alpha value is -1.14. The third kappa shape index (κ3) is 4.32. The highest BCUT2D eigenvalue weighted by atomic mass is 16.5. The van der Waals surface area contributed by atoms with Gasteiger partial charge in [0, 0.05) is 6.61 Å². The fourth-order valence-corrected chi connectivity index (χ4v) is 1.64. The molecule has 2 amide bonds. The second-order valence-corrected chi connectivity index (χ2v) is 4.50. The molecule has 2 rings (SSSR count). The number of carbonyl (C=O) groups is 2. The van der Waals surface area contributed by atoms with Crippen LogP contribution in [-0.4, -0.2) is 37.7 Å². The minimum atomic E-state index is -0.428. The van der Waals surface area contributed by atoms with Gasteiger partial charge in [0.25, 0.3) is 11.8 Å². The van der Waals surface area contributed by atoms with Crippen LogP contribution in [0.4, 0.5) is 0 Å². The molecule has 0 aromatic carbocycles. The first-order valence-electron chi connectivity index (χ1n) is 6.04. The van der Waals surface area contributed by atoms with Crippen molar-refractivity contribution < 1.29 is 19.1 Å². The van der Waals surface area contributed by atoms with Crippen molar-refractivity contribution in [2.75, 3.05) is 19.8 Å². The number of carbonyl (C=O) groups excluding carboxylic acids is 2. The Morgan fingerprint density at radius 3 is 2.71 bits per heavy atom. The number of hydrogen-bond acceptors (Lipinski definition) is 4. The van der Waals surface area contributed by atoms with Crippen LogP contribution in [0.25, 0.3) is 0 Å². The smallest absolute Gasteiger partial charge is 0.267 e. The number of amides is 2. The predicted molar refractivity (Wildman–Crippen MR) is 58.8 cm³/mol. The monoisotopic (exact) mass is 242 g/mol. The Labute approximate surface area is 100.0 Å². The van der Waals surface area contributed by atoms with Crippen molar-refractivity contribution in [3.05, 3.63) is 0 Å². The standard InChI is InChI=1S/C11H18N2O4/c14-10(7-16-6-8-3-4-8)12-13-11(15)9-2-1-5-17-9/h8-9H,1-7H2,(H,12,14)(H,13,15). The zero-order valence-corrected chi connectivity index (χ0v) is 9.74. The van der Waals surface area contributed by atoms with E-state index in [0.717, 1.165) is 6.42 Å². The molecule has 6 heteroatoms. The van der Waals surface area contributed by atoms with E-state index in [4.69, 9.17) is 9.47 Å². The molecule has 0 spiro atoms. The van der Waals surface area contributed by atoms with Crippen molar-refractivity contribution >= 4 is 11.8 Å². The summed E-state index contributed by atoms with van der Waals surface area (Å²) in [5.74, 6) is -0.000630. The molecule has 0 aromatic heterocycles. The first kappa shape index (κ1) is 12.3. The minimum absolute atomic E-state index is 0.0116. The van der Waals surface area contributed by atoms with Crippen molar-refractivity contribution in [2.45, 2.75) is 31.8 Å². The molecule has 1 saturated carbocycles. The molecule has 1 unspecified atom stereocenters. The van der Waals surface area contributed by atoms with Gasteiger partial charge in [-0.15, -0.1) is 0 Å². The maximum atomic E-state index is 11.5. The zero-order chi connectivity index (χ0) is 12.1. The Kier molecular flexibility index (Phi) is 4.33. The molecular formula is C11H18N2O4. The third-order valence-corrected chi connectivity index (χ3v) is 2.83. The van der Waals surface area contributed by atoms with Crippen molar-refractivity contribution in [1.29, 1.82) is 0 Å². The summed E-state index contributed by atoms with van der Waals surface area (Å²) in [5.41, 5.74) is 4.64. The molecule has 96 valence electrons. The van der Waals surface area contributed by atoms with Crippen molar-refractivity contribution in [3.63, 3.8) is 0 Å². The molecule has 1 aliphatic carbocycles. The van der Waals surface area contributed by atoms with Crippen molar-refractivity contribution in [2.24, 2.45) is 5.92 Å². The lowest BCUT2D eigenvalue weighted by Crippen LogP contribution is -2.47. The van der Waals surface area contributed by atoms with E-state index in [1.54, 1.807) is 0 Å². The molecule has 1 heterocycles. The van der Waals surface area contributed by atoms with Gasteiger partial charge in [-0.25, -0.2) is 0 Å². The quantitative estimate of drug-likeness (QED) is 0.651. The van der Waals surface area contributed by atoms with E-state index in [-0.39, 0.29) is 18.4 Å². The maximum absolute atomic E-state index is 11.5. The van der Waals surface area contributed by atoms with Crippen LogP contribution in [0.15, 0.2) is 0 Å². The van der Waals surface area contributed by atoms with E-state index in [1.807, 2.05) is 0 Å². The van der Waals surface area contributed by atoms with Gasteiger partial charge in [-0.3, -0.25) is 20.4 Å². The average molecular weight is 242 g/mol. The van der Waals surface area contributed by atoms with E-state index in [2.05, 4.69) is 10.9 Å². The largest absolute Gasteiger partial charge is 0.371 e. The fraction of sp³-hybridized carbons (Fsp3) is 0.818. The fourth-order valence-electron chi connectivity index (χ4n) is 1.64. The number of hydrazine groups is 1. The van der Waals surface area contributed by atoms with Gasteiger partial charge in [-0.2, -0.15) is 0 Å². The topological polar surface area (TPSA) is 76.7 Å². The van der Waals surface area contributed by atoms with Gasteiger partial charge in [0.15, 0.2) is 0 Å². The molecule has 6 nitrogen and oxygen atoms in total. The summed E-state index contributed by atoms with van der Waals surface area (Å²) in [6.07, 6.45) is 3.55. The third-order valence-electron chi connectivity index (χ3n) is 2.83.